The lowest BCUT2D eigenvalue weighted by Gasteiger charge is -2.12. The molecule has 0 heterocycles. The van der Waals surface area contributed by atoms with E-state index in [1.54, 1.807) is 0 Å². The smallest absolute Gasteiger partial charge is 0.122 e. The molecule has 0 radical (unpaired) electrons. The molecule has 22 heavy (non-hydrogen) atoms. The lowest BCUT2D eigenvalue weighted by atomic mass is 10.1. The van der Waals surface area contributed by atoms with Gasteiger partial charge in [0.15, 0.2) is 0 Å². The summed E-state index contributed by atoms with van der Waals surface area (Å²) in [7, 11) is 0. The van der Waals surface area contributed by atoms with Crippen molar-refractivity contribution in [1.82, 2.24) is 0 Å². The van der Waals surface area contributed by atoms with Crippen molar-refractivity contribution in [2.75, 3.05) is 13.2 Å². The molecule has 2 heteroatoms. The molecular formula is C20H26O2. The summed E-state index contributed by atoms with van der Waals surface area (Å²) >= 11 is 0. The highest BCUT2D eigenvalue weighted by molar-refractivity contribution is 5.35. The van der Waals surface area contributed by atoms with Crippen LogP contribution in [0.25, 0.3) is 0 Å². The summed E-state index contributed by atoms with van der Waals surface area (Å²) in [6, 6.07) is 12.5. The third kappa shape index (κ3) is 4.27. The molecule has 2 nitrogen and oxygen atoms in total. The summed E-state index contributed by atoms with van der Waals surface area (Å²) in [6.45, 7) is 9.71. The number of hydrogen-bond acceptors (Lipinski definition) is 2. The van der Waals surface area contributed by atoms with Crippen LogP contribution in [0.1, 0.15) is 36.1 Å². The highest BCUT2D eigenvalue weighted by Crippen LogP contribution is 2.19. The van der Waals surface area contributed by atoms with Crippen LogP contribution in [0.2, 0.25) is 0 Å². The molecule has 0 fully saturated rings. The molecule has 0 saturated heterocycles. The van der Waals surface area contributed by atoms with Gasteiger partial charge >= 0.3 is 0 Å². The first kappa shape index (κ1) is 16.4. The first-order valence-corrected chi connectivity index (χ1v) is 8.08. The van der Waals surface area contributed by atoms with E-state index in [9.17, 15) is 0 Å². The molecule has 0 amide bonds. The highest BCUT2D eigenvalue weighted by atomic mass is 16.5. The van der Waals surface area contributed by atoms with Gasteiger partial charge in [-0.2, -0.15) is 0 Å². The van der Waals surface area contributed by atoms with Gasteiger partial charge in [-0.3, -0.25) is 0 Å². The standard InChI is InChI=1S/C20H26O2/c1-5-17-13-19(9-7-15(17)3)21-11-12-22-20-10-8-16(4)18(6-2)14-20/h7-10,13-14H,5-6,11-12H2,1-4H3. The fraction of sp³-hybridized carbons (Fsp3) is 0.400. The van der Waals surface area contributed by atoms with Gasteiger partial charge in [0.05, 0.1) is 0 Å². The summed E-state index contributed by atoms with van der Waals surface area (Å²) in [6.07, 6.45) is 2.06. The van der Waals surface area contributed by atoms with Crippen molar-refractivity contribution >= 4 is 0 Å². The highest BCUT2D eigenvalue weighted by Gasteiger charge is 2.02. The first-order valence-electron chi connectivity index (χ1n) is 8.08. The Kier molecular flexibility index (Phi) is 5.88. The Bertz CT molecular complexity index is 562. The molecule has 118 valence electrons. The number of benzene rings is 2. The molecule has 0 aromatic heterocycles. The van der Waals surface area contributed by atoms with Crippen LogP contribution in [0, 0.1) is 13.8 Å². The van der Waals surface area contributed by atoms with Gasteiger partial charge in [0.25, 0.3) is 0 Å². The van der Waals surface area contributed by atoms with Gasteiger partial charge in [-0.1, -0.05) is 26.0 Å². The second kappa shape index (κ2) is 7.88. The van der Waals surface area contributed by atoms with E-state index >= 15 is 0 Å². The Morgan fingerprint density at radius 3 is 1.45 bits per heavy atom. The maximum Gasteiger partial charge on any atom is 0.122 e. The first-order chi connectivity index (χ1) is 10.6. The maximum absolute atomic E-state index is 5.78. The largest absolute Gasteiger partial charge is 0.490 e. The molecule has 0 aliphatic carbocycles. The third-order valence-electron chi connectivity index (χ3n) is 4.02. The summed E-state index contributed by atoms with van der Waals surface area (Å²) in [5.74, 6) is 1.84. The second-order valence-corrected chi connectivity index (χ2v) is 5.58. The summed E-state index contributed by atoms with van der Waals surface area (Å²) in [4.78, 5) is 0. The molecule has 0 bridgehead atoms. The SMILES string of the molecule is CCc1cc(OCCOc2ccc(C)c(CC)c2)ccc1C. The molecule has 2 aromatic rings. The summed E-state index contributed by atoms with van der Waals surface area (Å²) < 4.78 is 11.6. The van der Waals surface area contributed by atoms with Crippen LogP contribution in [0.15, 0.2) is 36.4 Å². The van der Waals surface area contributed by atoms with Gasteiger partial charge in [-0.05, 0) is 73.2 Å². The van der Waals surface area contributed by atoms with Crippen LogP contribution >= 0.6 is 0 Å². The predicted molar refractivity (Wildman–Crippen MR) is 92.1 cm³/mol. The van der Waals surface area contributed by atoms with E-state index in [2.05, 4.69) is 52.0 Å². The van der Waals surface area contributed by atoms with Gasteiger partial charge in [0.2, 0.25) is 0 Å². The normalized spacial score (nSPS) is 10.5. The number of ether oxygens (including phenoxy) is 2. The van der Waals surface area contributed by atoms with Crippen molar-refractivity contribution in [2.45, 2.75) is 40.5 Å². The minimum absolute atomic E-state index is 0.557. The second-order valence-electron chi connectivity index (χ2n) is 5.58. The third-order valence-corrected chi connectivity index (χ3v) is 4.02. The maximum atomic E-state index is 5.78. The van der Waals surface area contributed by atoms with Crippen molar-refractivity contribution < 1.29 is 9.47 Å². The average Bonchev–Trinajstić information content (AvgIpc) is 2.54. The Morgan fingerprint density at radius 2 is 1.09 bits per heavy atom. The van der Waals surface area contributed by atoms with Crippen LogP contribution < -0.4 is 9.47 Å². The van der Waals surface area contributed by atoms with Gasteiger partial charge in [-0.15, -0.1) is 0 Å². The van der Waals surface area contributed by atoms with Crippen LogP contribution in [-0.2, 0) is 12.8 Å². The molecule has 2 rings (SSSR count). The molecule has 0 aliphatic heterocycles. The molecular weight excluding hydrogens is 272 g/mol. The van der Waals surface area contributed by atoms with Gasteiger partial charge in [0, 0.05) is 0 Å². The van der Waals surface area contributed by atoms with Crippen LogP contribution in [0.5, 0.6) is 11.5 Å². The van der Waals surface area contributed by atoms with Crippen molar-refractivity contribution in [3.63, 3.8) is 0 Å². The lowest BCUT2D eigenvalue weighted by Crippen LogP contribution is -2.09. The Labute approximate surface area is 134 Å². The monoisotopic (exact) mass is 298 g/mol. The van der Waals surface area contributed by atoms with E-state index in [4.69, 9.17) is 9.47 Å². The van der Waals surface area contributed by atoms with Gasteiger partial charge in [0.1, 0.15) is 24.7 Å². The van der Waals surface area contributed by atoms with Gasteiger partial charge < -0.3 is 9.47 Å². The number of aryl methyl sites for hydroxylation is 4. The van der Waals surface area contributed by atoms with Crippen LogP contribution in [0.3, 0.4) is 0 Å². The van der Waals surface area contributed by atoms with Crippen molar-refractivity contribution in [3.05, 3.63) is 58.7 Å². The fourth-order valence-electron chi connectivity index (χ4n) is 2.56. The molecule has 0 atom stereocenters. The Balaban J connectivity index is 1.84. The minimum Gasteiger partial charge on any atom is -0.490 e. The van der Waals surface area contributed by atoms with E-state index in [0.717, 1.165) is 24.3 Å². The average molecular weight is 298 g/mol. The lowest BCUT2D eigenvalue weighted by molar-refractivity contribution is 0.217. The van der Waals surface area contributed by atoms with E-state index in [1.165, 1.54) is 22.3 Å². The predicted octanol–water partition coefficient (Wildman–Crippen LogP) is 4.89. The summed E-state index contributed by atoms with van der Waals surface area (Å²) in [5, 5.41) is 0. The van der Waals surface area contributed by atoms with E-state index in [0.29, 0.717) is 13.2 Å². The van der Waals surface area contributed by atoms with Crippen molar-refractivity contribution in [3.8, 4) is 11.5 Å². The Morgan fingerprint density at radius 1 is 0.682 bits per heavy atom. The van der Waals surface area contributed by atoms with Crippen LogP contribution in [-0.4, -0.2) is 13.2 Å². The zero-order valence-electron chi connectivity index (χ0n) is 14.1. The minimum atomic E-state index is 0.557. The molecule has 2 aromatic carbocycles. The quantitative estimate of drug-likeness (QED) is 0.678. The fourth-order valence-corrected chi connectivity index (χ4v) is 2.56. The molecule has 0 unspecified atom stereocenters. The molecule has 0 aliphatic rings. The molecule has 0 N–H and O–H groups in total. The van der Waals surface area contributed by atoms with E-state index in [1.807, 2.05) is 12.1 Å². The zero-order valence-corrected chi connectivity index (χ0v) is 14.1. The van der Waals surface area contributed by atoms with Crippen molar-refractivity contribution in [1.29, 1.82) is 0 Å². The van der Waals surface area contributed by atoms with Crippen molar-refractivity contribution in [2.24, 2.45) is 0 Å². The number of hydrogen-bond donors (Lipinski definition) is 0. The Hall–Kier alpha value is -1.96. The topological polar surface area (TPSA) is 18.5 Å². The van der Waals surface area contributed by atoms with Gasteiger partial charge in [-0.25, -0.2) is 0 Å². The number of rotatable bonds is 7. The van der Waals surface area contributed by atoms with Crippen LogP contribution in [0.4, 0.5) is 0 Å². The summed E-state index contributed by atoms with van der Waals surface area (Å²) in [5.41, 5.74) is 5.31. The van der Waals surface area contributed by atoms with E-state index in [-0.39, 0.29) is 0 Å². The molecule has 0 saturated carbocycles. The molecule has 0 spiro atoms. The van der Waals surface area contributed by atoms with E-state index < -0.39 is 0 Å². The zero-order chi connectivity index (χ0) is 15.9.